The molecule has 9 heteroatoms. The smallest absolute Gasteiger partial charge is 0.274 e. The van der Waals surface area contributed by atoms with Gasteiger partial charge in [-0.15, -0.1) is 11.3 Å². The monoisotopic (exact) mass is 378 g/mol. The number of aryl methyl sites for hydroxylation is 1. The van der Waals surface area contributed by atoms with Gasteiger partial charge in [0.1, 0.15) is 12.0 Å². The fourth-order valence-electron chi connectivity index (χ4n) is 2.65. The van der Waals surface area contributed by atoms with Crippen LogP contribution in [-0.2, 0) is 0 Å². The summed E-state index contributed by atoms with van der Waals surface area (Å²) in [5.74, 6) is -1.10. The molecule has 0 aliphatic rings. The maximum atomic E-state index is 12.9. The van der Waals surface area contributed by atoms with Crippen LogP contribution in [0.2, 0.25) is 0 Å². The molecule has 27 heavy (non-hydrogen) atoms. The summed E-state index contributed by atoms with van der Waals surface area (Å²) in [7, 11) is 0. The number of hydrogen-bond acceptors (Lipinski definition) is 6. The van der Waals surface area contributed by atoms with E-state index in [1.807, 2.05) is 37.3 Å². The minimum absolute atomic E-state index is 0.00641. The summed E-state index contributed by atoms with van der Waals surface area (Å²) < 4.78 is 1.45. The van der Waals surface area contributed by atoms with Crippen LogP contribution in [0.5, 0.6) is 0 Å². The van der Waals surface area contributed by atoms with Crippen molar-refractivity contribution in [3.8, 4) is 11.3 Å². The summed E-state index contributed by atoms with van der Waals surface area (Å²) in [6, 6.07) is 11.0. The van der Waals surface area contributed by atoms with Crippen molar-refractivity contribution in [1.82, 2.24) is 19.4 Å². The lowest BCUT2D eigenvalue weighted by molar-refractivity contribution is 0.0993. The maximum absolute atomic E-state index is 12.9. The number of carbonyl (C=O) groups excluding carboxylic acids is 2. The normalized spacial score (nSPS) is 10.9. The Kier molecular flexibility index (Phi) is 4.13. The van der Waals surface area contributed by atoms with Crippen LogP contribution >= 0.6 is 11.3 Å². The molecule has 4 aromatic rings. The summed E-state index contributed by atoms with van der Waals surface area (Å²) >= 11 is 1.37. The lowest BCUT2D eigenvalue weighted by atomic mass is 10.1. The van der Waals surface area contributed by atoms with Crippen LogP contribution in [0.25, 0.3) is 16.9 Å². The van der Waals surface area contributed by atoms with E-state index in [4.69, 9.17) is 5.73 Å². The van der Waals surface area contributed by atoms with Gasteiger partial charge in [0.15, 0.2) is 16.5 Å². The molecule has 8 nitrogen and oxygen atoms in total. The molecule has 2 amide bonds. The number of nitrogens with one attached hydrogen (secondary N) is 1. The number of hydrogen-bond donors (Lipinski definition) is 2. The molecule has 0 aliphatic heterocycles. The Balaban J connectivity index is 1.87. The number of amides is 2. The zero-order valence-electron chi connectivity index (χ0n) is 14.2. The number of carbonyl (C=O) groups is 2. The first kappa shape index (κ1) is 16.9. The SMILES string of the molecule is Cc1cnc(NC(=O)c2cc(-c3ccccc3)nc3c(C(N)=O)ncn23)s1. The van der Waals surface area contributed by atoms with Crippen molar-refractivity contribution in [2.75, 3.05) is 5.32 Å². The number of nitrogens with zero attached hydrogens (tertiary/aromatic N) is 4. The molecule has 1 aromatic carbocycles. The molecule has 0 saturated carbocycles. The fraction of sp³-hybridized carbons (Fsp3) is 0.0556. The fourth-order valence-corrected chi connectivity index (χ4v) is 3.31. The van der Waals surface area contributed by atoms with Crippen LogP contribution in [0, 0.1) is 6.92 Å². The van der Waals surface area contributed by atoms with Gasteiger partial charge >= 0.3 is 0 Å². The third kappa shape index (κ3) is 3.15. The maximum Gasteiger partial charge on any atom is 0.274 e. The molecular weight excluding hydrogens is 364 g/mol. The van der Waals surface area contributed by atoms with E-state index in [-0.39, 0.29) is 22.9 Å². The van der Waals surface area contributed by atoms with Gasteiger partial charge in [-0.3, -0.25) is 19.3 Å². The third-order valence-corrected chi connectivity index (χ3v) is 4.71. The van der Waals surface area contributed by atoms with Gasteiger partial charge in [0.25, 0.3) is 11.8 Å². The van der Waals surface area contributed by atoms with Gasteiger partial charge in [-0.2, -0.15) is 0 Å². The molecular formula is C18H14N6O2S. The zero-order chi connectivity index (χ0) is 19.0. The van der Waals surface area contributed by atoms with E-state index in [0.29, 0.717) is 10.8 Å². The number of nitrogens with two attached hydrogens (primary N) is 1. The Hall–Kier alpha value is -3.59. The van der Waals surface area contributed by atoms with Gasteiger partial charge in [-0.05, 0) is 13.0 Å². The number of thiazole rings is 1. The molecule has 3 heterocycles. The van der Waals surface area contributed by atoms with Crippen LogP contribution in [-0.4, -0.2) is 31.2 Å². The number of imidazole rings is 1. The zero-order valence-corrected chi connectivity index (χ0v) is 15.0. The molecule has 134 valence electrons. The Morgan fingerprint density at radius 1 is 1.19 bits per heavy atom. The quantitative estimate of drug-likeness (QED) is 0.566. The summed E-state index contributed by atoms with van der Waals surface area (Å²) in [6.07, 6.45) is 3.04. The first-order valence-corrected chi connectivity index (χ1v) is 8.81. The average Bonchev–Trinajstić information content (AvgIpc) is 3.27. The predicted molar refractivity (Wildman–Crippen MR) is 102 cm³/mol. The number of benzene rings is 1. The molecule has 0 spiro atoms. The topological polar surface area (TPSA) is 115 Å². The number of rotatable bonds is 4. The van der Waals surface area contributed by atoms with Crippen molar-refractivity contribution in [1.29, 1.82) is 0 Å². The van der Waals surface area contributed by atoms with E-state index in [1.54, 1.807) is 12.3 Å². The first-order valence-electron chi connectivity index (χ1n) is 8.00. The summed E-state index contributed by atoms with van der Waals surface area (Å²) in [4.78, 5) is 38.2. The molecule has 0 bridgehead atoms. The summed E-state index contributed by atoms with van der Waals surface area (Å²) in [5.41, 5.74) is 7.24. The van der Waals surface area contributed by atoms with Gasteiger partial charge < -0.3 is 5.73 Å². The number of aromatic nitrogens is 4. The number of fused-ring (bicyclic) bond motifs is 1. The van der Waals surface area contributed by atoms with E-state index in [0.717, 1.165) is 10.4 Å². The highest BCUT2D eigenvalue weighted by Crippen LogP contribution is 2.23. The molecule has 0 saturated heterocycles. The van der Waals surface area contributed by atoms with Gasteiger partial charge in [0, 0.05) is 16.6 Å². The van der Waals surface area contributed by atoms with Gasteiger partial charge in [0.2, 0.25) is 0 Å². The number of anilines is 1. The van der Waals surface area contributed by atoms with Crippen LogP contribution in [0.4, 0.5) is 5.13 Å². The van der Waals surface area contributed by atoms with E-state index in [9.17, 15) is 9.59 Å². The summed E-state index contributed by atoms with van der Waals surface area (Å²) in [5, 5.41) is 3.25. The highest BCUT2D eigenvalue weighted by atomic mass is 32.1. The van der Waals surface area contributed by atoms with E-state index >= 15 is 0 Å². The van der Waals surface area contributed by atoms with Crippen molar-refractivity contribution >= 4 is 33.9 Å². The van der Waals surface area contributed by atoms with Crippen molar-refractivity contribution in [3.63, 3.8) is 0 Å². The van der Waals surface area contributed by atoms with Crippen molar-refractivity contribution in [2.45, 2.75) is 6.92 Å². The van der Waals surface area contributed by atoms with Gasteiger partial charge in [0.05, 0.1) is 5.69 Å². The average molecular weight is 378 g/mol. The van der Waals surface area contributed by atoms with Crippen LogP contribution in [0.15, 0.2) is 48.9 Å². The molecule has 0 radical (unpaired) electrons. The lowest BCUT2D eigenvalue weighted by Gasteiger charge is -2.09. The molecule has 3 aromatic heterocycles. The highest BCUT2D eigenvalue weighted by molar-refractivity contribution is 7.15. The molecule has 0 fully saturated rings. The summed E-state index contributed by atoms with van der Waals surface area (Å²) in [6.45, 7) is 1.90. The largest absolute Gasteiger partial charge is 0.364 e. The first-order chi connectivity index (χ1) is 13.0. The molecule has 0 atom stereocenters. The van der Waals surface area contributed by atoms with Crippen LogP contribution < -0.4 is 11.1 Å². The predicted octanol–water partition coefficient (Wildman–Crippen LogP) is 2.51. The highest BCUT2D eigenvalue weighted by Gasteiger charge is 2.20. The van der Waals surface area contributed by atoms with Crippen molar-refractivity contribution in [2.24, 2.45) is 5.73 Å². The van der Waals surface area contributed by atoms with Crippen LogP contribution in [0.3, 0.4) is 0 Å². The van der Waals surface area contributed by atoms with Gasteiger partial charge in [-0.1, -0.05) is 30.3 Å². The second-order valence-corrected chi connectivity index (χ2v) is 7.01. The van der Waals surface area contributed by atoms with Gasteiger partial charge in [-0.25, -0.2) is 15.0 Å². The minimum atomic E-state index is -0.711. The second kappa shape index (κ2) is 6.61. The Bertz CT molecular complexity index is 1170. The van der Waals surface area contributed by atoms with E-state index in [1.165, 1.54) is 22.1 Å². The van der Waals surface area contributed by atoms with Crippen LogP contribution in [0.1, 0.15) is 25.9 Å². The third-order valence-electron chi connectivity index (χ3n) is 3.88. The molecule has 4 rings (SSSR count). The Morgan fingerprint density at radius 2 is 1.96 bits per heavy atom. The Labute approximate surface area is 157 Å². The standard InChI is InChI=1S/C18H14N6O2S/c1-10-8-20-18(27-10)23-17(26)13-7-12(11-5-3-2-4-6-11)22-16-14(15(19)25)21-9-24(13)16/h2-9H,1H3,(H2,19,25)(H,20,23,26). The Morgan fingerprint density at radius 3 is 2.63 bits per heavy atom. The number of primary amides is 1. The van der Waals surface area contributed by atoms with Crippen molar-refractivity contribution < 1.29 is 9.59 Å². The molecule has 0 aliphatic carbocycles. The van der Waals surface area contributed by atoms with Crippen molar-refractivity contribution in [3.05, 3.63) is 65.2 Å². The molecule has 3 N–H and O–H groups in total. The lowest BCUT2D eigenvalue weighted by Crippen LogP contribution is -2.17. The van der Waals surface area contributed by atoms with E-state index in [2.05, 4.69) is 20.3 Å². The second-order valence-electron chi connectivity index (χ2n) is 5.77. The molecule has 0 unspecified atom stereocenters. The minimum Gasteiger partial charge on any atom is -0.364 e. The van der Waals surface area contributed by atoms with E-state index < -0.39 is 5.91 Å².